The number of nitrogens with two attached hydrogens (primary N) is 1. The molecule has 0 radical (unpaired) electrons. The molecule has 14 N–H and O–H groups in total. The highest BCUT2D eigenvalue weighted by molar-refractivity contribution is 5.98. The van der Waals surface area contributed by atoms with E-state index in [-0.39, 0.29) is 19.4 Å². The third-order valence-corrected chi connectivity index (χ3v) is 7.28. The van der Waals surface area contributed by atoms with Crippen molar-refractivity contribution in [1.82, 2.24) is 36.8 Å². The van der Waals surface area contributed by atoms with E-state index < -0.39 is 134 Å². The molecule has 1 rings (SSSR count). The SMILES string of the molecule is C[C@H](NC(=O)[C@H](CO)NC(=O)[C@@H]1CCCN1C(=O)[C@H](CO)NC(=O)[C@H](CO)NC(=O)[C@@H](NC(=O)CN)[C@@H](C)O)C(=O)N[C@@H](CC(=O)O)C(=O)O. The minimum Gasteiger partial charge on any atom is -0.481 e. The van der Waals surface area contributed by atoms with E-state index in [1.807, 2.05) is 5.32 Å². The number of aliphatic hydroxyl groups is 4. The molecule has 1 fully saturated rings. The summed E-state index contributed by atoms with van der Waals surface area (Å²) in [5, 5.41) is 69.8. The summed E-state index contributed by atoms with van der Waals surface area (Å²) in [6.07, 6.45) is -2.09. The number of carboxylic acids is 2. The first-order valence-electron chi connectivity index (χ1n) is 15.2. The number of carbonyl (C=O) groups excluding carboxylic acids is 7. The summed E-state index contributed by atoms with van der Waals surface area (Å²) in [6, 6.07) is -11.2. The average molecular weight is 721 g/mol. The second-order valence-corrected chi connectivity index (χ2v) is 11.1. The summed E-state index contributed by atoms with van der Waals surface area (Å²) in [6.45, 7) is -1.27. The van der Waals surface area contributed by atoms with Crippen LogP contribution in [-0.2, 0) is 43.2 Å². The van der Waals surface area contributed by atoms with E-state index in [4.69, 9.17) is 15.9 Å². The summed E-state index contributed by atoms with van der Waals surface area (Å²) in [7, 11) is 0. The van der Waals surface area contributed by atoms with Crippen molar-refractivity contribution in [3.8, 4) is 0 Å². The third kappa shape index (κ3) is 12.8. The molecule has 0 aliphatic carbocycles. The predicted octanol–water partition coefficient (Wildman–Crippen LogP) is -8.22. The van der Waals surface area contributed by atoms with Crippen LogP contribution in [0, 0.1) is 0 Å². The van der Waals surface area contributed by atoms with Crippen LogP contribution < -0.4 is 37.6 Å². The smallest absolute Gasteiger partial charge is 0.326 e. The van der Waals surface area contributed by atoms with E-state index in [0.29, 0.717) is 0 Å². The molecule has 0 bridgehead atoms. The number of hydrogen-bond donors (Lipinski definition) is 13. The molecule has 7 amide bonds. The van der Waals surface area contributed by atoms with Crippen molar-refractivity contribution in [3.63, 3.8) is 0 Å². The molecular formula is C27H44N8O15. The fraction of sp³-hybridized carbons (Fsp3) is 0.667. The minimum atomic E-state index is -1.81. The first kappa shape index (κ1) is 43.1. The third-order valence-electron chi connectivity index (χ3n) is 7.28. The van der Waals surface area contributed by atoms with Crippen molar-refractivity contribution >= 4 is 53.3 Å². The fourth-order valence-electron chi connectivity index (χ4n) is 4.57. The molecule has 1 saturated heterocycles. The van der Waals surface area contributed by atoms with Gasteiger partial charge in [-0.2, -0.15) is 0 Å². The summed E-state index contributed by atoms with van der Waals surface area (Å²) >= 11 is 0. The van der Waals surface area contributed by atoms with Crippen molar-refractivity contribution in [2.75, 3.05) is 32.9 Å². The number of aliphatic carboxylic acids is 2. The Kier molecular flexibility index (Phi) is 17.7. The Labute approximate surface area is 284 Å². The summed E-state index contributed by atoms with van der Waals surface area (Å²) in [5.74, 6) is -10.3. The number of amides is 7. The Morgan fingerprint density at radius 2 is 1.24 bits per heavy atom. The van der Waals surface area contributed by atoms with Crippen molar-refractivity contribution < 1.29 is 73.8 Å². The Balaban J connectivity index is 2.93. The van der Waals surface area contributed by atoms with E-state index >= 15 is 0 Å². The maximum absolute atomic E-state index is 13.3. The van der Waals surface area contributed by atoms with Crippen LogP contribution in [0.25, 0.3) is 0 Å². The second-order valence-electron chi connectivity index (χ2n) is 11.1. The number of hydrogen-bond acceptors (Lipinski definition) is 14. The number of aliphatic hydroxyl groups excluding tert-OH is 4. The zero-order valence-corrected chi connectivity index (χ0v) is 27.2. The molecule has 1 aliphatic rings. The van der Waals surface area contributed by atoms with Crippen molar-refractivity contribution in [2.45, 2.75) is 81.5 Å². The highest BCUT2D eigenvalue weighted by Crippen LogP contribution is 2.19. The van der Waals surface area contributed by atoms with Crippen LogP contribution >= 0.6 is 0 Å². The standard InChI is InChI=1S/C27H44N8O15/c1-11(21(43)30-13(27(49)50)6-19(41)42)29-22(44)14(8-36)31-24(46)17-4-3-5-35(17)26(48)16(10-38)33-23(45)15(9-37)32-25(47)20(12(2)39)34-18(40)7-28/h11-17,20,36-39H,3-10,28H2,1-2H3,(H,29,44)(H,30,43)(H,31,46)(H,32,47)(H,33,45)(H,34,40)(H,41,42)(H,49,50)/t11-,12+,13-,14-,15-,16-,17-,20-/m0/s1. The molecule has 0 unspecified atom stereocenters. The van der Waals surface area contributed by atoms with E-state index in [2.05, 4.69) is 26.6 Å². The molecule has 50 heavy (non-hydrogen) atoms. The van der Waals surface area contributed by atoms with Gasteiger partial charge in [0.25, 0.3) is 0 Å². The summed E-state index contributed by atoms with van der Waals surface area (Å²) in [4.78, 5) is 112. The number of rotatable bonds is 20. The van der Waals surface area contributed by atoms with Gasteiger partial charge in [0.1, 0.15) is 42.3 Å². The van der Waals surface area contributed by atoms with Crippen LogP contribution in [0.15, 0.2) is 0 Å². The highest BCUT2D eigenvalue weighted by atomic mass is 16.4. The molecule has 8 atom stereocenters. The van der Waals surface area contributed by atoms with Gasteiger partial charge in [0.15, 0.2) is 0 Å². The van der Waals surface area contributed by atoms with Crippen molar-refractivity contribution in [1.29, 1.82) is 0 Å². The first-order chi connectivity index (χ1) is 23.4. The topological polar surface area (TPSA) is 376 Å². The normalized spacial score (nSPS) is 18.1. The Bertz CT molecular complexity index is 1280. The number of likely N-dealkylation sites (tertiary alicyclic amines) is 1. The summed E-state index contributed by atoms with van der Waals surface area (Å²) < 4.78 is 0. The van der Waals surface area contributed by atoms with Gasteiger partial charge in [-0.05, 0) is 26.7 Å². The Hall–Kier alpha value is -4.97. The van der Waals surface area contributed by atoms with E-state index in [9.17, 15) is 63.6 Å². The molecule has 23 heteroatoms. The maximum atomic E-state index is 13.3. The maximum Gasteiger partial charge on any atom is 0.326 e. The van der Waals surface area contributed by atoms with Crippen LogP contribution in [-0.4, -0.2) is 170 Å². The zero-order valence-electron chi connectivity index (χ0n) is 27.2. The van der Waals surface area contributed by atoms with Gasteiger partial charge in [0.05, 0.1) is 38.9 Å². The van der Waals surface area contributed by atoms with E-state index in [1.54, 1.807) is 0 Å². The quantitative estimate of drug-likeness (QED) is 0.0555. The predicted molar refractivity (Wildman–Crippen MR) is 164 cm³/mol. The van der Waals surface area contributed by atoms with Crippen LogP contribution in [0.4, 0.5) is 0 Å². The lowest BCUT2D eigenvalue weighted by atomic mass is 10.1. The molecule has 0 saturated carbocycles. The van der Waals surface area contributed by atoms with Crippen LogP contribution in [0.5, 0.6) is 0 Å². The van der Waals surface area contributed by atoms with Gasteiger partial charge >= 0.3 is 11.9 Å². The highest BCUT2D eigenvalue weighted by Gasteiger charge is 2.40. The number of carbonyl (C=O) groups is 9. The molecule has 1 heterocycles. The van der Waals surface area contributed by atoms with E-state index in [0.717, 1.165) is 18.7 Å². The van der Waals surface area contributed by atoms with Gasteiger partial charge in [-0.25, -0.2) is 4.79 Å². The molecule has 0 aromatic rings. The van der Waals surface area contributed by atoms with Gasteiger partial charge in [0.2, 0.25) is 41.4 Å². The second kappa shape index (κ2) is 20.5. The lowest BCUT2D eigenvalue weighted by Crippen LogP contribution is -2.61. The van der Waals surface area contributed by atoms with Gasteiger partial charge in [-0.3, -0.25) is 38.4 Å². The molecular weight excluding hydrogens is 676 g/mol. The summed E-state index contributed by atoms with van der Waals surface area (Å²) in [5.41, 5.74) is 5.19. The van der Waals surface area contributed by atoms with Crippen molar-refractivity contribution in [3.05, 3.63) is 0 Å². The first-order valence-corrected chi connectivity index (χ1v) is 15.2. The number of nitrogens with one attached hydrogen (secondary N) is 6. The molecule has 0 aromatic carbocycles. The largest absolute Gasteiger partial charge is 0.481 e. The average Bonchev–Trinajstić information content (AvgIpc) is 3.56. The van der Waals surface area contributed by atoms with Gasteiger partial charge in [-0.1, -0.05) is 0 Å². The lowest BCUT2D eigenvalue weighted by molar-refractivity contribution is -0.147. The zero-order chi connectivity index (χ0) is 38.3. The van der Waals surface area contributed by atoms with Crippen molar-refractivity contribution in [2.24, 2.45) is 5.73 Å². The monoisotopic (exact) mass is 720 g/mol. The number of carboxylic acid groups (broad SMARTS) is 2. The van der Waals surface area contributed by atoms with Gasteiger partial charge < -0.3 is 73.2 Å². The molecule has 23 nitrogen and oxygen atoms in total. The Morgan fingerprint density at radius 3 is 1.74 bits per heavy atom. The fourth-order valence-corrected chi connectivity index (χ4v) is 4.57. The Morgan fingerprint density at radius 1 is 0.720 bits per heavy atom. The molecule has 0 spiro atoms. The lowest BCUT2D eigenvalue weighted by Gasteiger charge is -2.30. The van der Waals surface area contributed by atoms with Crippen LogP contribution in [0.2, 0.25) is 0 Å². The van der Waals surface area contributed by atoms with E-state index in [1.165, 1.54) is 0 Å². The molecule has 1 aliphatic heterocycles. The van der Waals surface area contributed by atoms with Gasteiger partial charge in [0, 0.05) is 6.54 Å². The minimum absolute atomic E-state index is 0.0470. The van der Waals surface area contributed by atoms with Gasteiger partial charge in [-0.15, -0.1) is 0 Å². The molecule has 0 aromatic heterocycles. The van der Waals surface area contributed by atoms with Crippen LogP contribution in [0.3, 0.4) is 0 Å². The number of nitrogens with zero attached hydrogens (tertiary/aromatic N) is 1. The molecule has 282 valence electrons. The van der Waals surface area contributed by atoms with Crippen LogP contribution in [0.1, 0.15) is 33.1 Å².